The van der Waals surface area contributed by atoms with Crippen LogP contribution in [0.2, 0.25) is 0 Å². The topological polar surface area (TPSA) is 71.0 Å². The standard InChI is InChI=1S/C14H19N.C11H10N2O2/c1-5-11-8-13-12(6-2)10(4)15-14(13)7-9(11)3;14-13(15)11-4-2-1-3-10(11)9-5-7-12-8-6-9/h7-8,15H,5-6H2,1-4H3;1-9,12H. The highest BCUT2D eigenvalue weighted by Gasteiger charge is 2.18. The van der Waals surface area contributed by atoms with Crippen LogP contribution < -0.4 is 5.32 Å². The Kier molecular flexibility index (Phi) is 6.72. The highest BCUT2D eigenvalue weighted by molar-refractivity contribution is 5.86. The van der Waals surface area contributed by atoms with Crippen molar-refractivity contribution in [1.29, 1.82) is 0 Å². The number of para-hydroxylation sites is 1. The van der Waals surface area contributed by atoms with E-state index in [0.29, 0.717) is 0 Å². The number of benzene rings is 2. The Morgan fingerprint density at radius 1 is 1.03 bits per heavy atom. The van der Waals surface area contributed by atoms with Gasteiger partial charge >= 0.3 is 0 Å². The third-order valence-electron chi connectivity index (χ3n) is 5.60. The number of nitro benzene ring substituents is 1. The third kappa shape index (κ3) is 4.46. The molecular formula is C25H29N3O2. The fourth-order valence-corrected chi connectivity index (χ4v) is 4.00. The summed E-state index contributed by atoms with van der Waals surface area (Å²) >= 11 is 0. The van der Waals surface area contributed by atoms with E-state index in [2.05, 4.69) is 50.1 Å². The van der Waals surface area contributed by atoms with Crippen LogP contribution in [0.4, 0.5) is 5.69 Å². The van der Waals surface area contributed by atoms with Crippen LogP contribution in [0, 0.1) is 24.0 Å². The number of nitrogens with one attached hydrogen (secondary N) is 2. The summed E-state index contributed by atoms with van der Waals surface area (Å²) in [5.74, 6) is -0.0205. The average Bonchev–Trinajstić information content (AvgIpc) is 3.07. The Bertz CT molecular complexity index is 1100. The molecule has 5 heteroatoms. The minimum atomic E-state index is -0.348. The molecule has 0 fully saturated rings. The van der Waals surface area contributed by atoms with Gasteiger partial charge in [0.05, 0.1) is 4.92 Å². The molecule has 1 aromatic heterocycles. The molecule has 1 aliphatic rings. The number of dihydropyridines is 1. The van der Waals surface area contributed by atoms with Crippen LogP contribution in [0.25, 0.3) is 10.9 Å². The molecule has 0 saturated heterocycles. The molecule has 5 nitrogen and oxygen atoms in total. The number of rotatable bonds is 4. The van der Waals surface area contributed by atoms with Crippen molar-refractivity contribution in [3.63, 3.8) is 0 Å². The van der Waals surface area contributed by atoms with Gasteiger partial charge in [0.1, 0.15) is 0 Å². The van der Waals surface area contributed by atoms with Crippen molar-refractivity contribution in [2.45, 2.75) is 46.5 Å². The van der Waals surface area contributed by atoms with Gasteiger partial charge in [0.25, 0.3) is 5.69 Å². The molecule has 1 aliphatic heterocycles. The van der Waals surface area contributed by atoms with Crippen molar-refractivity contribution in [1.82, 2.24) is 10.3 Å². The molecule has 3 aromatic rings. The van der Waals surface area contributed by atoms with E-state index in [1.54, 1.807) is 24.5 Å². The highest BCUT2D eigenvalue weighted by atomic mass is 16.6. The Labute approximate surface area is 177 Å². The van der Waals surface area contributed by atoms with E-state index in [0.717, 1.165) is 18.4 Å². The van der Waals surface area contributed by atoms with Crippen LogP contribution >= 0.6 is 0 Å². The maximum Gasteiger partial charge on any atom is 0.273 e. The maximum absolute atomic E-state index is 10.8. The largest absolute Gasteiger partial charge is 0.368 e. The summed E-state index contributed by atoms with van der Waals surface area (Å²) in [6.07, 6.45) is 9.57. The minimum absolute atomic E-state index is 0.0205. The number of allylic oxidation sites excluding steroid dienone is 2. The monoisotopic (exact) mass is 403 g/mol. The van der Waals surface area contributed by atoms with Crippen molar-refractivity contribution in [2.75, 3.05) is 0 Å². The molecular weight excluding hydrogens is 374 g/mol. The number of aromatic amines is 1. The Hall–Kier alpha value is -3.34. The number of aromatic nitrogens is 1. The number of aryl methyl sites for hydroxylation is 4. The summed E-state index contributed by atoms with van der Waals surface area (Å²) < 4.78 is 0. The van der Waals surface area contributed by atoms with Gasteiger partial charge in [0.15, 0.2) is 0 Å². The van der Waals surface area contributed by atoms with E-state index in [9.17, 15) is 10.1 Å². The first-order valence-electron chi connectivity index (χ1n) is 10.4. The normalized spacial score (nSPS) is 13.1. The Morgan fingerprint density at radius 2 is 1.73 bits per heavy atom. The smallest absolute Gasteiger partial charge is 0.273 e. The van der Waals surface area contributed by atoms with Crippen LogP contribution in [-0.4, -0.2) is 9.91 Å². The number of hydrogen-bond donors (Lipinski definition) is 2. The molecule has 2 N–H and O–H groups in total. The van der Waals surface area contributed by atoms with Gasteiger partial charge in [-0.3, -0.25) is 10.1 Å². The zero-order valence-electron chi connectivity index (χ0n) is 18.0. The molecule has 0 atom stereocenters. The summed E-state index contributed by atoms with van der Waals surface area (Å²) in [5.41, 5.74) is 7.83. The predicted octanol–water partition coefficient (Wildman–Crippen LogP) is 6.22. The van der Waals surface area contributed by atoms with E-state index >= 15 is 0 Å². The van der Waals surface area contributed by atoms with E-state index < -0.39 is 0 Å². The zero-order chi connectivity index (χ0) is 21.7. The van der Waals surface area contributed by atoms with Crippen LogP contribution in [0.5, 0.6) is 0 Å². The molecule has 0 radical (unpaired) electrons. The minimum Gasteiger partial charge on any atom is -0.368 e. The molecule has 0 aliphatic carbocycles. The lowest BCUT2D eigenvalue weighted by Gasteiger charge is -2.11. The molecule has 2 heterocycles. The van der Waals surface area contributed by atoms with E-state index in [4.69, 9.17) is 0 Å². The van der Waals surface area contributed by atoms with Gasteiger partial charge in [-0.1, -0.05) is 44.2 Å². The molecule has 0 bridgehead atoms. The number of H-pyrrole nitrogens is 1. The fraction of sp³-hybridized carbons (Fsp3) is 0.280. The first-order valence-corrected chi connectivity index (χ1v) is 10.4. The van der Waals surface area contributed by atoms with Gasteiger partial charge in [-0.05, 0) is 67.9 Å². The van der Waals surface area contributed by atoms with Crippen molar-refractivity contribution in [3.8, 4) is 0 Å². The fourth-order valence-electron chi connectivity index (χ4n) is 4.00. The quantitative estimate of drug-likeness (QED) is 0.401. The van der Waals surface area contributed by atoms with Gasteiger partial charge in [-0.15, -0.1) is 0 Å². The number of nitro groups is 1. The van der Waals surface area contributed by atoms with Crippen LogP contribution in [-0.2, 0) is 12.8 Å². The summed E-state index contributed by atoms with van der Waals surface area (Å²) in [6, 6.07) is 11.4. The summed E-state index contributed by atoms with van der Waals surface area (Å²) in [4.78, 5) is 13.9. The van der Waals surface area contributed by atoms with Gasteiger partial charge in [0.2, 0.25) is 0 Å². The summed E-state index contributed by atoms with van der Waals surface area (Å²) in [5, 5.41) is 15.1. The van der Waals surface area contributed by atoms with Gasteiger partial charge in [-0.25, -0.2) is 0 Å². The van der Waals surface area contributed by atoms with Gasteiger partial charge in [-0.2, -0.15) is 0 Å². The molecule has 2 aromatic carbocycles. The second kappa shape index (κ2) is 9.44. The Morgan fingerprint density at radius 3 is 2.37 bits per heavy atom. The second-order valence-corrected chi connectivity index (χ2v) is 7.49. The van der Waals surface area contributed by atoms with Crippen molar-refractivity contribution in [2.24, 2.45) is 0 Å². The lowest BCUT2D eigenvalue weighted by molar-refractivity contribution is -0.385. The van der Waals surface area contributed by atoms with Crippen LogP contribution in [0.1, 0.15) is 47.7 Å². The van der Waals surface area contributed by atoms with Crippen LogP contribution in [0.3, 0.4) is 0 Å². The van der Waals surface area contributed by atoms with Crippen molar-refractivity contribution < 1.29 is 4.92 Å². The average molecular weight is 404 g/mol. The second-order valence-electron chi connectivity index (χ2n) is 7.49. The number of nitrogens with zero attached hydrogens (tertiary/aromatic N) is 1. The number of hydrogen-bond acceptors (Lipinski definition) is 3. The van der Waals surface area contributed by atoms with Gasteiger partial charge < -0.3 is 10.3 Å². The van der Waals surface area contributed by atoms with E-state index in [1.165, 1.54) is 39.4 Å². The predicted molar refractivity (Wildman–Crippen MR) is 124 cm³/mol. The lowest BCUT2D eigenvalue weighted by atomic mass is 9.96. The lowest BCUT2D eigenvalue weighted by Crippen LogP contribution is -2.05. The van der Waals surface area contributed by atoms with E-state index in [1.807, 2.05) is 18.2 Å². The molecule has 0 unspecified atom stereocenters. The third-order valence-corrected chi connectivity index (χ3v) is 5.60. The van der Waals surface area contributed by atoms with Crippen molar-refractivity contribution in [3.05, 3.63) is 99.0 Å². The molecule has 0 spiro atoms. The Balaban J connectivity index is 0.000000171. The first-order chi connectivity index (χ1) is 14.5. The van der Waals surface area contributed by atoms with E-state index in [-0.39, 0.29) is 16.5 Å². The van der Waals surface area contributed by atoms with Crippen molar-refractivity contribution >= 4 is 16.6 Å². The molecule has 4 rings (SSSR count). The molecule has 0 amide bonds. The number of fused-ring (bicyclic) bond motifs is 1. The zero-order valence-corrected chi connectivity index (χ0v) is 18.0. The summed E-state index contributed by atoms with van der Waals surface area (Å²) in [7, 11) is 0. The first kappa shape index (κ1) is 21.4. The summed E-state index contributed by atoms with van der Waals surface area (Å²) in [6.45, 7) is 8.81. The van der Waals surface area contributed by atoms with Crippen LogP contribution in [0.15, 0.2) is 61.0 Å². The molecule has 156 valence electrons. The van der Waals surface area contributed by atoms with Gasteiger partial charge in [0, 0.05) is 34.1 Å². The molecule has 0 saturated carbocycles. The highest BCUT2D eigenvalue weighted by Crippen LogP contribution is 2.29. The maximum atomic E-state index is 10.8. The SMILES string of the molecule is CCc1cc2c(CC)c(C)[nH]c2cc1C.O=[N+]([O-])c1ccccc1C1C=CNC=C1. The molecule has 30 heavy (non-hydrogen) atoms.